The number of nitrogens with one attached hydrogen (secondary N) is 5. The standard InChI is InChI=1S/C20H23ClN8O/c1-12-9-16(29-28-12)26-17-11-23-18(20(30)25-15-3-2-8-22-10-15)19(27-17)24-14-6-4-13(21)5-7-14/h4-7,9,11,15,22H,2-3,8,10H2,1H3,(H,25,30)(H3,24,26,27,28,29)/t15-/m0/s1. The average molecular weight is 427 g/mol. The number of amides is 1. The van der Waals surface area contributed by atoms with Crippen LogP contribution in [-0.4, -0.2) is 45.2 Å². The molecule has 1 atom stereocenters. The maximum absolute atomic E-state index is 12.9. The van der Waals surface area contributed by atoms with Gasteiger partial charge in [-0.05, 0) is 50.6 Å². The van der Waals surface area contributed by atoms with Gasteiger partial charge in [0.25, 0.3) is 5.91 Å². The molecule has 0 aliphatic carbocycles. The first-order valence-electron chi connectivity index (χ1n) is 9.77. The first-order chi connectivity index (χ1) is 14.6. The summed E-state index contributed by atoms with van der Waals surface area (Å²) in [7, 11) is 0. The number of carbonyl (C=O) groups excluding carboxylic acids is 1. The normalized spacial score (nSPS) is 16.1. The fourth-order valence-electron chi connectivity index (χ4n) is 3.21. The van der Waals surface area contributed by atoms with Gasteiger partial charge < -0.3 is 21.3 Å². The Morgan fingerprint density at radius 2 is 2.03 bits per heavy atom. The fraction of sp³-hybridized carbons (Fsp3) is 0.300. The Bertz CT molecular complexity index is 1010. The van der Waals surface area contributed by atoms with Crippen LogP contribution < -0.4 is 21.3 Å². The number of aromatic amines is 1. The zero-order valence-electron chi connectivity index (χ0n) is 16.5. The van der Waals surface area contributed by atoms with Crippen molar-refractivity contribution in [3.8, 4) is 0 Å². The predicted octanol–water partition coefficient (Wildman–Crippen LogP) is 3.13. The second kappa shape index (κ2) is 9.10. The minimum atomic E-state index is -0.269. The lowest BCUT2D eigenvalue weighted by molar-refractivity contribution is 0.0926. The molecule has 9 nitrogen and oxygen atoms in total. The molecule has 4 rings (SSSR count). The summed E-state index contributed by atoms with van der Waals surface area (Å²) in [5, 5.41) is 20.2. The number of benzene rings is 1. The Morgan fingerprint density at radius 3 is 2.73 bits per heavy atom. The third-order valence-electron chi connectivity index (χ3n) is 4.69. The van der Waals surface area contributed by atoms with Gasteiger partial charge in [0.05, 0.1) is 6.20 Å². The molecule has 0 saturated carbocycles. The average Bonchev–Trinajstić information content (AvgIpc) is 3.15. The molecule has 156 valence electrons. The van der Waals surface area contributed by atoms with Crippen molar-refractivity contribution in [3.05, 3.63) is 52.9 Å². The van der Waals surface area contributed by atoms with Crippen LogP contribution in [0.5, 0.6) is 0 Å². The number of carbonyl (C=O) groups is 1. The summed E-state index contributed by atoms with van der Waals surface area (Å²) < 4.78 is 0. The number of hydrogen-bond donors (Lipinski definition) is 5. The highest BCUT2D eigenvalue weighted by Crippen LogP contribution is 2.22. The lowest BCUT2D eigenvalue weighted by Crippen LogP contribution is -2.45. The summed E-state index contributed by atoms with van der Waals surface area (Å²) in [5.41, 5.74) is 1.89. The summed E-state index contributed by atoms with van der Waals surface area (Å²) in [6, 6.07) is 9.08. The van der Waals surface area contributed by atoms with Gasteiger partial charge in [-0.25, -0.2) is 9.97 Å². The first kappa shape index (κ1) is 20.1. The Labute approximate surface area is 179 Å². The van der Waals surface area contributed by atoms with Gasteiger partial charge in [-0.1, -0.05) is 11.6 Å². The second-order valence-electron chi connectivity index (χ2n) is 7.16. The van der Waals surface area contributed by atoms with Gasteiger partial charge >= 0.3 is 0 Å². The smallest absolute Gasteiger partial charge is 0.274 e. The van der Waals surface area contributed by atoms with Crippen LogP contribution >= 0.6 is 11.6 Å². The molecule has 30 heavy (non-hydrogen) atoms. The van der Waals surface area contributed by atoms with E-state index in [1.54, 1.807) is 12.1 Å². The first-order valence-corrected chi connectivity index (χ1v) is 10.1. The molecule has 1 amide bonds. The van der Waals surface area contributed by atoms with Crippen LogP contribution in [0.15, 0.2) is 36.5 Å². The van der Waals surface area contributed by atoms with E-state index in [-0.39, 0.29) is 17.6 Å². The van der Waals surface area contributed by atoms with E-state index in [1.807, 2.05) is 25.1 Å². The minimum Gasteiger partial charge on any atom is -0.347 e. The van der Waals surface area contributed by atoms with Crippen LogP contribution in [-0.2, 0) is 0 Å². The van der Waals surface area contributed by atoms with E-state index in [0.29, 0.717) is 22.5 Å². The van der Waals surface area contributed by atoms with Crippen molar-refractivity contribution in [2.75, 3.05) is 23.7 Å². The molecule has 3 heterocycles. The Kier molecular flexibility index (Phi) is 6.10. The molecule has 0 unspecified atom stereocenters. The van der Waals surface area contributed by atoms with Crippen LogP contribution in [0.3, 0.4) is 0 Å². The van der Waals surface area contributed by atoms with Crippen molar-refractivity contribution in [1.29, 1.82) is 0 Å². The summed E-state index contributed by atoms with van der Waals surface area (Å²) >= 11 is 5.98. The van der Waals surface area contributed by atoms with E-state index in [9.17, 15) is 4.79 Å². The highest BCUT2D eigenvalue weighted by Gasteiger charge is 2.21. The lowest BCUT2D eigenvalue weighted by Gasteiger charge is -2.24. The Balaban J connectivity index is 1.59. The topological polar surface area (TPSA) is 120 Å². The van der Waals surface area contributed by atoms with E-state index in [1.165, 1.54) is 6.20 Å². The van der Waals surface area contributed by atoms with Crippen molar-refractivity contribution in [2.45, 2.75) is 25.8 Å². The quantitative estimate of drug-likeness (QED) is 0.410. The number of aromatic nitrogens is 4. The highest BCUT2D eigenvalue weighted by atomic mass is 35.5. The van der Waals surface area contributed by atoms with Crippen molar-refractivity contribution < 1.29 is 4.79 Å². The molecular formula is C20H23ClN8O. The van der Waals surface area contributed by atoms with Crippen LogP contribution in [0.25, 0.3) is 0 Å². The monoisotopic (exact) mass is 426 g/mol. The molecule has 0 radical (unpaired) electrons. The van der Waals surface area contributed by atoms with Gasteiger partial charge in [0, 0.05) is 35.1 Å². The molecule has 1 saturated heterocycles. The third-order valence-corrected chi connectivity index (χ3v) is 4.94. The number of hydrogen-bond acceptors (Lipinski definition) is 7. The third kappa shape index (κ3) is 5.05. The highest BCUT2D eigenvalue weighted by molar-refractivity contribution is 6.30. The molecular weight excluding hydrogens is 404 g/mol. The number of H-pyrrole nitrogens is 1. The van der Waals surface area contributed by atoms with Crippen LogP contribution in [0.1, 0.15) is 29.0 Å². The van der Waals surface area contributed by atoms with E-state index in [2.05, 4.69) is 41.4 Å². The Hall–Kier alpha value is -3.17. The molecule has 0 spiro atoms. The maximum atomic E-state index is 12.9. The van der Waals surface area contributed by atoms with Crippen molar-refractivity contribution in [3.63, 3.8) is 0 Å². The van der Waals surface area contributed by atoms with Crippen LogP contribution in [0.4, 0.5) is 23.1 Å². The lowest BCUT2D eigenvalue weighted by atomic mass is 10.1. The molecule has 1 fully saturated rings. The van der Waals surface area contributed by atoms with Gasteiger partial charge in [0.1, 0.15) is 0 Å². The fourth-order valence-corrected chi connectivity index (χ4v) is 3.34. The number of halogens is 1. The molecule has 1 aliphatic rings. The van der Waals surface area contributed by atoms with Gasteiger partial charge in [0.2, 0.25) is 0 Å². The summed E-state index contributed by atoms with van der Waals surface area (Å²) in [6.07, 6.45) is 3.48. The molecule has 10 heteroatoms. The van der Waals surface area contributed by atoms with Crippen LogP contribution in [0.2, 0.25) is 5.02 Å². The van der Waals surface area contributed by atoms with Crippen molar-refractivity contribution in [2.24, 2.45) is 0 Å². The molecule has 2 aromatic heterocycles. The van der Waals surface area contributed by atoms with E-state index in [0.717, 1.165) is 37.3 Å². The Morgan fingerprint density at radius 1 is 1.20 bits per heavy atom. The number of rotatable bonds is 6. The van der Waals surface area contributed by atoms with Crippen molar-refractivity contribution in [1.82, 2.24) is 30.8 Å². The largest absolute Gasteiger partial charge is 0.347 e. The maximum Gasteiger partial charge on any atom is 0.274 e. The van der Waals surface area contributed by atoms with Crippen LogP contribution in [0, 0.1) is 6.92 Å². The second-order valence-corrected chi connectivity index (χ2v) is 7.60. The van der Waals surface area contributed by atoms with Gasteiger partial charge in [-0.2, -0.15) is 5.10 Å². The summed E-state index contributed by atoms with van der Waals surface area (Å²) in [6.45, 7) is 3.63. The summed E-state index contributed by atoms with van der Waals surface area (Å²) in [4.78, 5) is 21.8. The number of nitrogens with zero attached hydrogens (tertiary/aromatic N) is 3. The zero-order valence-corrected chi connectivity index (χ0v) is 17.3. The van der Waals surface area contributed by atoms with Gasteiger partial charge in [0.15, 0.2) is 23.1 Å². The summed E-state index contributed by atoms with van der Waals surface area (Å²) in [5.74, 6) is 1.16. The van der Waals surface area contributed by atoms with E-state index < -0.39 is 0 Å². The molecule has 1 aliphatic heterocycles. The zero-order chi connectivity index (χ0) is 20.9. The predicted molar refractivity (Wildman–Crippen MR) is 117 cm³/mol. The van der Waals surface area contributed by atoms with E-state index in [4.69, 9.17) is 11.6 Å². The SMILES string of the molecule is Cc1cc(Nc2cnc(C(=O)N[C@H]3CCCNC3)c(Nc3ccc(Cl)cc3)n2)n[nH]1. The molecule has 1 aromatic carbocycles. The molecule has 0 bridgehead atoms. The molecule has 5 N–H and O–H groups in total. The molecule has 3 aromatic rings. The van der Waals surface area contributed by atoms with Gasteiger partial charge in [-0.15, -0.1) is 0 Å². The number of aryl methyl sites for hydroxylation is 1. The van der Waals surface area contributed by atoms with Crippen molar-refractivity contribution >= 4 is 40.6 Å². The minimum absolute atomic E-state index is 0.0706. The number of piperidine rings is 1. The van der Waals surface area contributed by atoms with Gasteiger partial charge in [-0.3, -0.25) is 9.89 Å². The van der Waals surface area contributed by atoms with E-state index >= 15 is 0 Å². The number of anilines is 4.